The monoisotopic (exact) mass is 297 g/mol. The summed E-state index contributed by atoms with van der Waals surface area (Å²) in [5.74, 6) is -3.23. The van der Waals surface area contributed by atoms with Crippen LogP contribution in [-0.4, -0.2) is 36.0 Å². The Labute approximate surface area is 118 Å². The van der Waals surface area contributed by atoms with Gasteiger partial charge in [-0.15, -0.1) is 11.3 Å². The van der Waals surface area contributed by atoms with E-state index in [4.69, 9.17) is 5.11 Å². The molecule has 1 aromatic heterocycles. The summed E-state index contributed by atoms with van der Waals surface area (Å²) in [5, 5.41) is 24.4. The van der Waals surface area contributed by atoms with Crippen molar-refractivity contribution < 1.29 is 24.6 Å². The van der Waals surface area contributed by atoms with Crippen LogP contribution in [0.4, 0.5) is 5.00 Å². The summed E-state index contributed by atoms with van der Waals surface area (Å²) < 4.78 is 0. The molecule has 108 valence electrons. The van der Waals surface area contributed by atoms with E-state index in [0.29, 0.717) is 12.0 Å². The molecule has 0 aliphatic heterocycles. The third-order valence-corrected chi connectivity index (χ3v) is 4.16. The molecule has 0 unspecified atom stereocenters. The predicted octanol–water partition coefficient (Wildman–Crippen LogP) is -1.35. The molecule has 20 heavy (non-hydrogen) atoms. The molecule has 0 atom stereocenters. The average molecular weight is 297 g/mol. The number of hydrogen-bond donors (Lipinski definition) is 3. The van der Waals surface area contributed by atoms with Crippen molar-refractivity contribution in [3.05, 3.63) is 16.0 Å². The van der Waals surface area contributed by atoms with Crippen LogP contribution in [-0.2, 0) is 22.4 Å². The maximum absolute atomic E-state index is 11.6. The largest absolute Gasteiger partial charge is 0.545 e. The summed E-state index contributed by atoms with van der Waals surface area (Å²) in [4.78, 5) is 35.1. The van der Waals surface area contributed by atoms with E-state index in [1.807, 2.05) is 0 Å². The lowest BCUT2D eigenvalue weighted by molar-refractivity contribution is -0.254. The molecule has 1 aliphatic rings. The van der Waals surface area contributed by atoms with E-state index < -0.39 is 17.8 Å². The summed E-state index contributed by atoms with van der Waals surface area (Å²) in [7, 11) is 0. The minimum absolute atomic E-state index is 0.0224. The fourth-order valence-electron chi connectivity index (χ4n) is 2.12. The first-order chi connectivity index (χ1) is 9.54. The third-order valence-electron chi connectivity index (χ3n) is 2.96. The minimum atomic E-state index is -1.35. The topological polar surface area (TPSA) is 119 Å². The first-order valence-corrected chi connectivity index (χ1v) is 6.92. The van der Waals surface area contributed by atoms with Crippen molar-refractivity contribution in [2.75, 3.05) is 18.5 Å². The van der Waals surface area contributed by atoms with Crippen LogP contribution in [0.3, 0.4) is 0 Å². The lowest BCUT2D eigenvalue weighted by atomic mass is 10.1. The van der Waals surface area contributed by atoms with Crippen LogP contribution < -0.4 is 15.7 Å². The highest BCUT2D eigenvalue weighted by Crippen LogP contribution is 2.38. The van der Waals surface area contributed by atoms with Gasteiger partial charge in [0.25, 0.3) is 0 Å². The number of aryl methyl sites for hydroxylation is 1. The number of amides is 2. The highest BCUT2D eigenvalue weighted by molar-refractivity contribution is 7.17. The number of carboxylic acids is 1. The molecule has 0 spiro atoms. The zero-order chi connectivity index (χ0) is 14.7. The van der Waals surface area contributed by atoms with Crippen molar-refractivity contribution in [1.82, 2.24) is 5.32 Å². The molecule has 0 bridgehead atoms. The Balaban J connectivity index is 2.16. The summed E-state index contributed by atoms with van der Waals surface area (Å²) in [6, 6.07) is 0. The minimum Gasteiger partial charge on any atom is -0.545 e. The number of aromatic carboxylic acids is 1. The van der Waals surface area contributed by atoms with Gasteiger partial charge in [-0.25, -0.2) is 0 Å². The van der Waals surface area contributed by atoms with Gasteiger partial charge in [0.1, 0.15) is 5.00 Å². The molecule has 0 saturated heterocycles. The number of anilines is 1. The standard InChI is InChI=1S/C12H14N2O5S/c15-5-4-13-9(16)10(17)14-11-8(12(18)19)6-2-1-3-7(6)20-11/h15H,1-5H2,(H,13,16)(H,14,17)(H,18,19)/p-1. The first-order valence-electron chi connectivity index (χ1n) is 6.10. The molecular formula is C12H13N2O5S-. The van der Waals surface area contributed by atoms with E-state index in [0.717, 1.165) is 29.1 Å². The van der Waals surface area contributed by atoms with Gasteiger partial charge in [-0.2, -0.15) is 0 Å². The van der Waals surface area contributed by atoms with Crippen LogP contribution >= 0.6 is 11.3 Å². The lowest BCUT2D eigenvalue weighted by Gasteiger charge is -2.08. The Bertz CT molecular complexity index is 566. The Hall–Kier alpha value is -1.93. The number of carbonyl (C=O) groups excluding carboxylic acids is 3. The van der Waals surface area contributed by atoms with Gasteiger partial charge in [-0.05, 0) is 24.8 Å². The third kappa shape index (κ3) is 2.81. The molecule has 8 heteroatoms. The molecule has 3 N–H and O–H groups in total. The number of hydrogen-bond acceptors (Lipinski definition) is 6. The van der Waals surface area contributed by atoms with Gasteiger partial charge in [0.2, 0.25) is 0 Å². The van der Waals surface area contributed by atoms with Gasteiger partial charge in [0.15, 0.2) is 0 Å². The second kappa shape index (κ2) is 6.02. The van der Waals surface area contributed by atoms with Gasteiger partial charge in [-0.3, -0.25) is 9.59 Å². The van der Waals surface area contributed by atoms with E-state index in [9.17, 15) is 19.5 Å². The maximum Gasteiger partial charge on any atom is 0.314 e. The van der Waals surface area contributed by atoms with E-state index in [1.54, 1.807) is 0 Å². The Kier molecular flexibility index (Phi) is 4.35. The highest BCUT2D eigenvalue weighted by atomic mass is 32.1. The number of fused-ring (bicyclic) bond motifs is 1. The SMILES string of the molecule is O=C(NCCO)C(=O)Nc1sc2c(c1C(=O)[O-])CCC2. The Morgan fingerprint density at radius 3 is 2.65 bits per heavy atom. The van der Waals surface area contributed by atoms with Gasteiger partial charge in [-0.1, -0.05) is 0 Å². The molecule has 0 radical (unpaired) electrons. The van der Waals surface area contributed by atoms with Crippen molar-refractivity contribution in [2.45, 2.75) is 19.3 Å². The van der Waals surface area contributed by atoms with Crippen molar-refractivity contribution in [3.8, 4) is 0 Å². The fourth-order valence-corrected chi connectivity index (χ4v) is 3.39. The number of carboxylic acid groups (broad SMARTS) is 1. The second-order valence-corrected chi connectivity index (χ2v) is 5.39. The number of thiophene rings is 1. The van der Waals surface area contributed by atoms with Crippen molar-refractivity contribution >= 4 is 34.1 Å². The molecule has 2 amide bonds. The van der Waals surface area contributed by atoms with Crippen LogP contribution in [0.5, 0.6) is 0 Å². The summed E-state index contributed by atoms with van der Waals surface area (Å²) in [6.45, 7) is -0.322. The van der Waals surface area contributed by atoms with Gasteiger partial charge < -0.3 is 25.6 Å². The maximum atomic E-state index is 11.6. The van der Waals surface area contributed by atoms with Crippen molar-refractivity contribution in [3.63, 3.8) is 0 Å². The van der Waals surface area contributed by atoms with Gasteiger partial charge in [0.05, 0.1) is 12.6 Å². The summed E-state index contributed by atoms with van der Waals surface area (Å²) in [5.41, 5.74) is 0.673. The van der Waals surface area contributed by atoms with Crippen LogP contribution in [0.1, 0.15) is 27.2 Å². The van der Waals surface area contributed by atoms with E-state index >= 15 is 0 Å². The van der Waals surface area contributed by atoms with E-state index in [1.165, 1.54) is 0 Å². The van der Waals surface area contributed by atoms with Crippen LogP contribution in [0.2, 0.25) is 0 Å². The molecule has 0 saturated carbocycles. The predicted molar refractivity (Wildman–Crippen MR) is 69.4 cm³/mol. The zero-order valence-electron chi connectivity index (χ0n) is 10.5. The molecule has 0 fully saturated rings. The van der Waals surface area contributed by atoms with Gasteiger partial charge in [0, 0.05) is 17.0 Å². The van der Waals surface area contributed by atoms with Gasteiger partial charge >= 0.3 is 11.8 Å². The number of aliphatic hydroxyl groups is 1. The van der Waals surface area contributed by atoms with E-state index in [2.05, 4.69) is 10.6 Å². The molecule has 2 rings (SSSR count). The van der Waals surface area contributed by atoms with E-state index in [-0.39, 0.29) is 23.7 Å². The van der Waals surface area contributed by atoms with Crippen LogP contribution in [0.25, 0.3) is 0 Å². The number of rotatable bonds is 4. The molecule has 7 nitrogen and oxygen atoms in total. The van der Waals surface area contributed by atoms with Crippen LogP contribution in [0, 0.1) is 0 Å². The summed E-state index contributed by atoms with van der Waals surface area (Å²) in [6.07, 6.45) is 2.29. The number of aliphatic hydroxyl groups excluding tert-OH is 1. The quantitative estimate of drug-likeness (QED) is 0.594. The second-order valence-electron chi connectivity index (χ2n) is 4.28. The summed E-state index contributed by atoms with van der Waals surface area (Å²) >= 11 is 1.16. The number of carbonyl (C=O) groups is 3. The Morgan fingerprint density at radius 2 is 2.00 bits per heavy atom. The van der Waals surface area contributed by atoms with Crippen LogP contribution in [0.15, 0.2) is 0 Å². The molecule has 1 aromatic rings. The molecule has 0 aromatic carbocycles. The zero-order valence-corrected chi connectivity index (χ0v) is 11.3. The van der Waals surface area contributed by atoms with Crippen molar-refractivity contribution in [2.24, 2.45) is 0 Å². The molecular weight excluding hydrogens is 284 g/mol. The van der Waals surface area contributed by atoms with Crippen molar-refractivity contribution in [1.29, 1.82) is 0 Å². The highest BCUT2D eigenvalue weighted by Gasteiger charge is 2.25. The lowest BCUT2D eigenvalue weighted by Crippen LogP contribution is -2.37. The number of nitrogens with one attached hydrogen (secondary N) is 2. The fraction of sp³-hybridized carbons (Fsp3) is 0.417. The smallest absolute Gasteiger partial charge is 0.314 e. The Morgan fingerprint density at radius 1 is 1.25 bits per heavy atom. The average Bonchev–Trinajstić information content (AvgIpc) is 2.95. The molecule has 1 aliphatic carbocycles. The molecule has 1 heterocycles. The first kappa shape index (κ1) is 14.5. The normalized spacial score (nSPS) is 12.8.